The van der Waals surface area contributed by atoms with E-state index < -0.39 is 0 Å². The van der Waals surface area contributed by atoms with Gasteiger partial charge in [-0.1, -0.05) is 13.3 Å². The van der Waals surface area contributed by atoms with Gasteiger partial charge < -0.3 is 15.5 Å². The number of rotatable bonds is 15. The molecule has 0 rings (SSSR count). The van der Waals surface area contributed by atoms with Crippen molar-refractivity contribution >= 4 is 35.3 Å². The number of carbonyl (C=O) groups is 2. The van der Waals surface area contributed by atoms with Crippen molar-refractivity contribution < 1.29 is 9.59 Å². The average Bonchev–Trinajstić information content (AvgIpc) is 2.54. The van der Waals surface area contributed by atoms with Crippen LogP contribution < -0.4 is 10.6 Å². The monoisotopic (exact) mass is 363 g/mol. The third kappa shape index (κ3) is 14.9. The lowest BCUT2D eigenvalue weighted by molar-refractivity contribution is -0.121. The number of carbonyl (C=O) groups excluding carboxylic acids is 2. The zero-order valence-electron chi connectivity index (χ0n) is 14.9. The summed E-state index contributed by atoms with van der Waals surface area (Å²) in [5.41, 5.74) is 0. The molecule has 5 nitrogen and oxygen atoms in total. The van der Waals surface area contributed by atoms with E-state index in [2.05, 4.69) is 22.5 Å². The van der Waals surface area contributed by atoms with E-state index in [1.54, 1.807) is 23.5 Å². The second kappa shape index (κ2) is 16.5. The molecule has 0 spiro atoms. The molecular weight excluding hydrogens is 330 g/mol. The van der Waals surface area contributed by atoms with Gasteiger partial charge in [0.05, 0.1) is 0 Å². The zero-order valence-corrected chi connectivity index (χ0v) is 16.5. The number of thioether (sulfide) groups is 2. The lowest BCUT2D eigenvalue weighted by atomic mass is 10.2. The molecule has 0 atom stereocenters. The van der Waals surface area contributed by atoms with Crippen LogP contribution in [0.25, 0.3) is 0 Å². The van der Waals surface area contributed by atoms with E-state index in [0.717, 1.165) is 57.1 Å². The Kier molecular flexibility index (Phi) is 16.2. The Morgan fingerprint density at radius 1 is 0.870 bits per heavy atom. The molecule has 7 heteroatoms. The second-order valence-electron chi connectivity index (χ2n) is 5.38. The topological polar surface area (TPSA) is 61.4 Å². The van der Waals surface area contributed by atoms with Crippen molar-refractivity contribution in [2.75, 3.05) is 56.7 Å². The highest BCUT2D eigenvalue weighted by molar-refractivity contribution is 7.98. The van der Waals surface area contributed by atoms with Crippen LogP contribution in [0.4, 0.5) is 0 Å². The van der Waals surface area contributed by atoms with Crippen molar-refractivity contribution in [2.24, 2.45) is 0 Å². The molecule has 0 unspecified atom stereocenters. The minimum atomic E-state index is 0.102. The summed E-state index contributed by atoms with van der Waals surface area (Å²) in [7, 11) is 0. The van der Waals surface area contributed by atoms with Gasteiger partial charge in [-0.15, -0.1) is 0 Å². The zero-order chi connectivity index (χ0) is 17.3. The van der Waals surface area contributed by atoms with Crippen LogP contribution >= 0.6 is 23.5 Å². The van der Waals surface area contributed by atoms with E-state index in [1.165, 1.54) is 0 Å². The number of unbranched alkanes of at least 4 members (excludes halogenated alkanes) is 1. The number of amides is 2. The first kappa shape index (κ1) is 22.6. The van der Waals surface area contributed by atoms with E-state index in [-0.39, 0.29) is 11.8 Å². The predicted molar refractivity (Wildman–Crippen MR) is 103 cm³/mol. The quantitative estimate of drug-likeness (QED) is 0.435. The molecule has 0 saturated heterocycles. The molecule has 0 radical (unpaired) electrons. The van der Waals surface area contributed by atoms with Crippen LogP contribution in [-0.4, -0.2) is 73.5 Å². The lowest BCUT2D eigenvalue weighted by Crippen LogP contribution is -2.35. The van der Waals surface area contributed by atoms with Gasteiger partial charge in [0.25, 0.3) is 0 Å². The molecule has 23 heavy (non-hydrogen) atoms. The Labute approximate surface area is 150 Å². The minimum Gasteiger partial charge on any atom is -0.355 e. The summed E-state index contributed by atoms with van der Waals surface area (Å²) in [6.45, 7) is 6.01. The van der Waals surface area contributed by atoms with E-state index in [1.807, 2.05) is 12.5 Å². The van der Waals surface area contributed by atoms with Crippen molar-refractivity contribution in [2.45, 2.75) is 32.6 Å². The molecule has 0 heterocycles. The third-order valence-electron chi connectivity index (χ3n) is 3.39. The van der Waals surface area contributed by atoms with Crippen LogP contribution in [0, 0.1) is 0 Å². The Morgan fingerprint density at radius 2 is 1.35 bits per heavy atom. The van der Waals surface area contributed by atoms with E-state index >= 15 is 0 Å². The molecule has 2 amide bonds. The summed E-state index contributed by atoms with van der Waals surface area (Å²) in [4.78, 5) is 25.8. The second-order valence-corrected chi connectivity index (χ2v) is 7.35. The maximum atomic E-state index is 11.8. The van der Waals surface area contributed by atoms with Crippen LogP contribution in [0.15, 0.2) is 0 Å². The fourth-order valence-electron chi connectivity index (χ4n) is 2.00. The van der Waals surface area contributed by atoms with Crippen molar-refractivity contribution in [3.63, 3.8) is 0 Å². The van der Waals surface area contributed by atoms with Gasteiger partial charge >= 0.3 is 0 Å². The molecule has 0 aromatic rings. The standard InChI is InChI=1S/C16H33N3O2S2/c1-4-5-10-19(11-6-15(20)17-8-13-22-2)12-7-16(21)18-9-14-23-3/h4-14H2,1-3H3,(H,17,20)(H,18,21). The fraction of sp³-hybridized carbons (Fsp3) is 0.875. The van der Waals surface area contributed by atoms with Gasteiger partial charge in [-0.3, -0.25) is 9.59 Å². The smallest absolute Gasteiger partial charge is 0.221 e. The molecule has 0 aliphatic heterocycles. The highest BCUT2D eigenvalue weighted by atomic mass is 32.2. The molecule has 0 bridgehead atoms. The molecule has 0 aromatic carbocycles. The normalized spacial score (nSPS) is 10.8. The van der Waals surface area contributed by atoms with Crippen molar-refractivity contribution in [1.29, 1.82) is 0 Å². The van der Waals surface area contributed by atoms with Crippen LogP contribution in [0.1, 0.15) is 32.6 Å². The largest absolute Gasteiger partial charge is 0.355 e. The Hall–Kier alpha value is -0.400. The number of nitrogens with zero attached hydrogens (tertiary/aromatic N) is 1. The molecule has 0 aliphatic rings. The van der Waals surface area contributed by atoms with Crippen molar-refractivity contribution in [3.8, 4) is 0 Å². The molecule has 136 valence electrons. The van der Waals surface area contributed by atoms with Crippen LogP contribution in [-0.2, 0) is 9.59 Å². The van der Waals surface area contributed by atoms with Gasteiger partial charge in [0.15, 0.2) is 0 Å². The van der Waals surface area contributed by atoms with Crippen LogP contribution in [0.3, 0.4) is 0 Å². The minimum absolute atomic E-state index is 0.102. The third-order valence-corrected chi connectivity index (χ3v) is 4.62. The molecule has 0 saturated carbocycles. The molecule has 0 aliphatic carbocycles. The maximum absolute atomic E-state index is 11.8. The number of hydrogen-bond acceptors (Lipinski definition) is 5. The first-order valence-electron chi connectivity index (χ1n) is 8.37. The molecule has 2 N–H and O–H groups in total. The van der Waals surface area contributed by atoms with Crippen LogP contribution in [0.2, 0.25) is 0 Å². The van der Waals surface area contributed by atoms with E-state index in [4.69, 9.17) is 0 Å². The van der Waals surface area contributed by atoms with Crippen molar-refractivity contribution in [3.05, 3.63) is 0 Å². The van der Waals surface area contributed by atoms with Gasteiger partial charge in [-0.05, 0) is 25.5 Å². The van der Waals surface area contributed by atoms with Gasteiger partial charge in [0, 0.05) is 50.5 Å². The summed E-state index contributed by atoms with van der Waals surface area (Å²) in [5.74, 6) is 2.10. The maximum Gasteiger partial charge on any atom is 0.221 e. The molecular formula is C16H33N3O2S2. The lowest BCUT2D eigenvalue weighted by Gasteiger charge is -2.21. The summed E-state index contributed by atoms with van der Waals surface area (Å²) >= 11 is 3.45. The number of nitrogens with one attached hydrogen (secondary N) is 2. The fourth-order valence-corrected chi connectivity index (χ4v) is 2.61. The summed E-state index contributed by atoms with van der Waals surface area (Å²) in [6.07, 6.45) is 7.29. The van der Waals surface area contributed by atoms with E-state index in [0.29, 0.717) is 12.8 Å². The summed E-state index contributed by atoms with van der Waals surface area (Å²) in [5, 5.41) is 5.85. The van der Waals surface area contributed by atoms with Gasteiger partial charge in [-0.2, -0.15) is 23.5 Å². The first-order chi connectivity index (χ1) is 11.1. The van der Waals surface area contributed by atoms with E-state index in [9.17, 15) is 9.59 Å². The highest BCUT2D eigenvalue weighted by Gasteiger charge is 2.10. The summed E-state index contributed by atoms with van der Waals surface area (Å²) < 4.78 is 0. The summed E-state index contributed by atoms with van der Waals surface area (Å²) in [6, 6.07) is 0. The Balaban J connectivity index is 4.00. The highest BCUT2D eigenvalue weighted by Crippen LogP contribution is 2.00. The average molecular weight is 364 g/mol. The van der Waals surface area contributed by atoms with Gasteiger partial charge in [-0.25, -0.2) is 0 Å². The first-order valence-corrected chi connectivity index (χ1v) is 11.2. The van der Waals surface area contributed by atoms with Crippen LogP contribution in [0.5, 0.6) is 0 Å². The van der Waals surface area contributed by atoms with Crippen molar-refractivity contribution in [1.82, 2.24) is 15.5 Å². The Morgan fingerprint density at radius 3 is 1.74 bits per heavy atom. The number of hydrogen-bond donors (Lipinski definition) is 2. The molecule has 0 fully saturated rings. The predicted octanol–water partition coefficient (Wildman–Crippen LogP) is 1.83. The van der Waals surface area contributed by atoms with Gasteiger partial charge in [0.1, 0.15) is 0 Å². The SMILES string of the molecule is CCCCN(CCC(=O)NCCSC)CCC(=O)NCCSC. The molecule has 0 aromatic heterocycles. The Bertz CT molecular complexity index is 292. The van der Waals surface area contributed by atoms with Gasteiger partial charge in [0.2, 0.25) is 11.8 Å².